The number of nitrogens with one attached hydrogen (secondary N) is 1. The summed E-state index contributed by atoms with van der Waals surface area (Å²) in [4.78, 5) is 18.7. The van der Waals surface area contributed by atoms with Gasteiger partial charge in [0.05, 0.1) is 18.1 Å². The first-order valence-electron chi connectivity index (χ1n) is 9.41. The normalized spacial score (nSPS) is 32.6. The van der Waals surface area contributed by atoms with Crippen LogP contribution >= 0.6 is 0 Å². The van der Waals surface area contributed by atoms with Gasteiger partial charge < -0.3 is 19.4 Å². The third-order valence-corrected chi connectivity index (χ3v) is 6.37. The molecule has 3 heterocycles. The molecule has 0 saturated carbocycles. The van der Waals surface area contributed by atoms with Crippen molar-refractivity contribution < 1.29 is 14.3 Å². The van der Waals surface area contributed by atoms with Crippen molar-refractivity contribution in [1.29, 1.82) is 0 Å². The molecule has 2 saturated heterocycles. The molecule has 26 heavy (non-hydrogen) atoms. The number of rotatable bonds is 5. The minimum atomic E-state index is -0.551. The maximum atomic E-state index is 13.4. The van der Waals surface area contributed by atoms with E-state index in [1.54, 1.807) is 7.11 Å². The lowest BCUT2D eigenvalue weighted by atomic mass is 9.66. The molecular weight excluding hydrogens is 328 g/mol. The number of carbonyl (C=O) groups is 1. The van der Waals surface area contributed by atoms with Gasteiger partial charge in [0.15, 0.2) is 0 Å². The van der Waals surface area contributed by atoms with Crippen LogP contribution < -0.4 is 0 Å². The minimum absolute atomic E-state index is 0.0902. The third-order valence-electron chi connectivity index (χ3n) is 6.37. The smallest absolute Gasteiger partial charge is 0.237 e. The molecule has 2 aromatic rings. The van der Waals surface area contributed by atoms with E-state index in [4.69, 9.17) is 9.47 Å². The molecule has 1 amide bonds. The fourth-order valence-corrected chi connectivity index (χ4v) is 5.13. The number of fused-ring (bicyclic) bond motifs is 2. The molecule has 3 aliphatic rings. The predicted octanol–water partition coefficient (Wildman–Crippen LogP) is 2.88. The van der Waals surface area contributed by atoms with Crippen LogP contribution in [-0.2, 0) is 20.7 Å². The molecule has 1 aliphatic carbocycles. The van der Waals surface area contributed by atoms with E-state index in [1.807, 2.05) is 11.0 Å². The van der Waals surface area contributed by atoms with E-state index in [1.165, 1.54) is 10.9 Å². The Bertz CT molecular complexity index is 873. The van der Waals surface area contributed by atoms with E-state index >= 15 is 0 Å². The van der Waals surface area contributed by atoms with Gasteiger partial charge in [-0.1, -0.05) is 30.4 Å². The summed E-state index contributed by atoms with van der Waals surface area (Å²) >= 11 is 0. The summed E-state index contributed by atoms with van der Waals surface area (Å²) in [6, 6.07) is 8.29. The van der Waals surface area contributed by atoms with E-state index < -0.39 is 5.41 Å². The number of aromatic nitrogens is 1. The molecule has 2 fully saturated rings. The van der Waals surface area contributed by atoms with Crippen molar-refractivity contribution in [3.63, 3.8) is 0 Å². The SMILES string of the molecule is COC[C@]12C=CC[C@H]3O[C@H](C[C@H]31)N(CCc1c[nH]c3ccccc13)C2=O. The second kappa shape index (κ2) is 5.96. The maximum Gasteiger partial charge on any atom is 0.237 e. The van der Waals surface area contributed by atoms with Gasteiger partial charge in [-0.3, -0.25) is 4.79 Å². The van der Waals surface area contributed by atoms with Gasteiger partial charge in [-0.25, -0.2) is 0 Å². The first-order chi connectivity index (χ1) is 12.7. The standard InChI is InChI=1S/C21H24N2O3/c1-25-13-21-9-4-7-18-16(21)11-19(26-18)23(20(21)24)10-8-14-12-22-17-6-3-2-5-15(14)17/h2-6,9,12,16,18-19,22H,7-8,10-11,13H2,1H3/t16-,18-,19-,21-/m1/s1. The van der Waals surface area contributed by atoms with Crippen LogP contribution in [-0.4, -0.2) is 48.4 Å². The van der Waals surface area contributed by atoms with E-state index in [-0.39, 0.29) is 24.2 Å². The highest BCUT2D eigenvalue weighted by molar-refractivity contribution is 5.87. The van der Waals surface area contributed by atoms with Gasteiger partial charge in [0.2, 0.25) is 5.91 Å². The van der Waals surface area contributed by atoms with Gasteiger partial charge in [0.1, 0.15) is 6.23 Å². The van der Waals surface area contributed by atoms with E-state index in [0.717, 1.165) is 24.8 Å². The first-order valence-corrected chi connectivity index (χ1v) is 9.41. The number of nitrogens with zero attached hydrogens (tertiary/aromatic N) is 1. The van der Waals surface area contributed by atoms with E-state index in [9.17, 15) is 4.79 Å². The quantitative estimate of drug-likeness (QED) is 0.842. The number of aromatic amines is 1. The summed E-state index contributed by atoms with van der Waals surface area (Å²) in [5, 5.41) is 1.23. The highest BCUT2D eigenvalue weighted by Gasteiger charge is 2.60. The molecule has 1 N–H and O–H groups in total. The molecule has 1 aromatic carbocycles. The summed E-state index contributed by atoms with van der Waals surface area (Å²) in [7, 11) is 1.68. The Hall–Kier alpha value is -2.11. The van der Waals surface area contributed by atoms with Crippen LogP contribution in [0.4, 0.5) is 0 Å². The summed E-state index contributed by atoms with van der Waals surface area (Å²) in [5.41, 5.74) is 1.83. The number of carbonyl (C=O) groups excluding carboxylic acids is 1. The molecule has 136 valence electrons. The number of piperidine rings is 1. The molecule has 0 spiro atoms. The van der Waals surface area contributed by atoms with Crippen molar-refractivity contribution in [3.8, 4) is 0 Å². The van der Waals surface area contributed by atoms with Gasteiger partial charge in [0.25, 0.3) is 0 Å². The maximum absolute atomic E-state index is 13.4. The molecule has 5 heteroatoms. The second-order valence-corrected chi connectivity index (χ2v) is 7.69. The molecule has 0 radical (unpaired) electrons. The van der Waals surface area contributed by atoms with Gasteiger partial charge in [-0.2, -0.15) is 0 Å². The molecule has 4 atom stereocenters. The van der Waals surface area contributed by atoms with Crippen molar-refractivity contribution in [2.24, 2.45) is 11.3 Å². The lowest BCUT2D eigenvalue weighted by Gasteiger charge is -2.44. The average Bonchev–Trinajstić information content (AvgIpc) is 3.26. The van der Waals surface area contributed by atoms with Crippen LogP contribution in [0.2, 0.25) is 0 Å². The Labute approximate surface area is 153 Å². The number of ether oxygens (including phenoxy) is 2. The summed E-state index contributed by atoms with van der Waals surface area (Å²) in [5.74, 6) is 0.410. The zero-order valence-corrected chi connectivity index (χ0v) is 15.0. The molecule has 0 unspecified atom stereocenters. The van der Waals surface area contributed by atoms with Gasteiger partial charge in [-0.15, -0.1) is 0 Å². The Balaban J connectivity index is 1.42. The Morgan fingerprint density at radius 1 is 1.38 bits per heavy atom. The number of hydrogen-bond acceptors (Lipinski definition) is 3. The van der Waals surface area contributed by atoms with Crippen LogP contribution in [0.5, 0.6) is 0 Å². The monoisotopic (exact) mass is 352 g/mol. The van der Waals surface area contributed by atoms with E-state index in [2.05, 4.69) is 41.5 Å². The number of amides is 1. The minimum Gasteiger partial charge on any atom is -0.383 e. The lowest BCUT2D eigenvalue weighted by Crippen LogP contribution is -2.57. The Morgan fingerprint density at radius 3 is 3.15 bits per heavy atom. The summed E-state index contributed by atoms with van der Waals surface area (Å²) in [6.07, 6.45) is 8.93. The number of methoxy groups -OCH3 is 1. The van der Waals surface area contributed by atoms with Gasteiger partial charge >= 0.3 is 0 Å². The van der Waals surface area contributed by atoms with Crippen LogP contribution in [0, 0.1) is 11.3 Å². The zero-order chi connectivity index (χ0) is 17.7. The highest BCUT2D eigenvalue weighted by atomic mass is 16.5. The second-order valence-electron chi connectivity index (χ2n) is 7.69. The molecule has 5 rings (SSSR count). The molecule has 2 bridgehead atoms. The largest absolute Gasteiger partial charge is 0.383 e. The first kappa shape index (κ1) is 16.1. The average molecular weight is 352 g/mol. The fourth-order valence-electron chi connectivity index (χ4n) is 5.13. The van der Waals surface area contributed by atoms with Crippen molar-refractivity contribution in [3.05, 3.63) is 48.2 Å². The third kappa shape index (κ3) is 2.20. The van der Waals surface area contributed by atoms with Crippen molar-refractivity contribution in [1.82, 2.24) is 9.88 Å². The van der Waals surface area contributed by atoms with Crippen LogP contribution in [0.1, 0.15) is 18.4 Å². The van der Waals surface area contributed by atoms with Crippen LogP contribution in [0.3, 0.4) is 0 Å². The Morgan fingerprint density at radius 2 is 2.27 bits per heavy atom. The number of likely N-dealkylation sites (tertiary alicyclic amines) is 1. The number of benzene rings is 1. The number of hydrogen-bond donors (Lipinski definition) is 1. The van der Waals surface area contributed by atoms with Gasteiger partial charge in [0, 0.05) is 36.7 Å². The lowest BCUT2D eigenvalue weighted by molar-refractivity contribution is -0.157. The molecule has 1 aromatic heterocycles. The molecule has 2 aliphatic heterocycles. The molecule has 5 nitrogen and oxygen atoms in total. The predicted molar refractivity (Wildman–Crippen MR) is 98.5 cm³/mol. The topological polar surface area (TPSA) is 54.6 Å². The van der Waals surface area contributed by atoms with Crippen molar-refractivity contribution in [2.45, 2.75) is 31.6 Å². The van der Waals surface area contributed by atoms with Crippen molar-refractivity contribution in [2.75, 3.05) is 20.3 Å². The van der Waals surface area contributed by atoms with Crippen molar-refractivity contribution >= 4 is 16.8 Å². The number of H-pyrrole nitrogens is 1. The number of para-hydroxylation sites is 1. The van der Waals surface area contributed by atoms with E-state index in [0.29, 0.717) is 13.2 Å². The zero-order valence-electron chi connectivity index (χ0n) is 15.0. The highest BCUT2D eigenvalue weighted by Crippen LogP contribution is 2.51. The summed E-state index contributed by atoms with van der Waals surface area (Å²) in [6.45, 7) is 1.10. The fraction of sp³-hybridized carbons (Fsp3) is 0.476. The van der Waals surface area contributed by atoms with Crippen LogP contribution in [0.15, 0.2) is 42.6 Å². The van der Waals surface area contributed by atoms with Gasteiger partial charge in [-0.05, 0) is 30.9 Å². The summed E-state index contributed by atoms with van der Waals surface area (Å²) < 4.78 is 11.7. The van der Waals surface area contributed by atoms with Crippen LogP contribution in [0.25, 0.3) is 10.9 Å². The molecular formula is C21H24N2O3. The Kier molecular flexibility index (Phi) is 3.69.